The second kappa shape index (κ2) is 11.1. The van der Waals surface area contributed by atoms with Crippen LogP contribution in [-0.2, 0) is 0 Å². The summed E-state index contributed by atoms with van der Waals surface area (Å²) in [5.41, 5.74) is 4.46. The Kier molecular flexibility index (Phi) is 8.25. The Morgan fingerprint density at radius 2 is 2.03 bits per heavy atom. The average molecular weight is 418 g/mol. The van der Waals surface area contributed by atoms with E-state index >= 15 is 0 Å². The van der Waals surface area contributed by atoms with E-state index in [0.717, 1.165) is 17.4 Å². The van der Waals surface area contributed by atoms with Crippen LogP contribution in [0.25, 0.3) is 10.8 Å². The zero-order valence-electron chi connectivity index (χ0n) is 19.0. The molecule has 0 heterocycles. The quantitative estimate of drug-likeness (QED) is 0.461. The van der Waals surface area contributed by atoms with Gasteiger partial charge in [-0.1, -0.05) is 67.5 Å². The maximum absolute atomic E-state index is 13.0. The predicted molar refractivity (Wildman–Crippen MR) is 130 cm³/mol. The molecule has 1 aliphatic carbocycles. The van der Waals surface area contributed by atoms with Crippen LogP contribution in [0.15, 0.2) is 71.8 Å². The lowest BCUT2D eigenvalue weighted by Gasteiger charge is -2.27. The van der Waals surface area contributed by atoms with Gasteiger partial charge in [0.2, 0.25) is 0 Å². The summed E-state index contributed by atoms with van der Waals surface area (Å²) in [6.07, 6.45) is 13.4. The minimum absolute atomic E-state index is 0.0941. The van der Waals surface area contributed by atoms with E-state index in [2.05, 4.69) is 49.5 Å². The molecule has 1 fully saturated rings. The van der Waals surface area contributed by atoms with Crippen molar-refractivity contribution in [2.75, 3.05) is 6.61 Å². The third-order valence-electron chi connectivity index (χ3n) is 6.42. The Bertz CT molecular complexity index is 995. The summed E-state index contributed by atoms with van der Waals surface area (Å²) >= 11 is 0. The van der Waals surface area contributed by atoms with Crippen LogP contribution in [0, 0.1) is 0 Å². The summed E-state index contributed by atoms with van der Waals surface area (Å²) in [6, 6.07) is 12.0. The van der Waals surface area contributed by atoms with E-state index in [4.69, 9.17) is 0 Å². The van der Waals surface area contributed by atoms with Gasteiger partial charge in [-0.2, -0.15) is 0 Å². The summed E-state index contributed by atoms with van der Waals surface area (Å²) < 4.78 is 0. The number of amides is 1. The lowest BCUT2D eigenvalue weighted by Crippen LogP contribution is -2.37. The molecule has 1 unspecified atom stereocenters. The monoisotopic (exact) mass is 417 g/mol. The minimum Gasteiger partial charge on any atom is -0.394 e. The van der Waals surface area contributed by atoms with Crippen molar-refractivity contribution >= 4 is 16.7 Å². The molecule has 0 aliphatic heterocycles. The Morgan fingerprint density at radius 1 is 1.23 bits per heavy atom. The molecule has 2 N–H and O–H groups in total. The fraction of sp³-hybridized carbons (Fsp3) is 0.393. The second-order valence-electron chi connectivity index (χ2n) is 8.51. The first-order valence-corrected chi connectivity index (χ1v) is 11.5. The molecule has 1 aliphatic rings. The third-order valence-corrected chi connectivity index (χ3v) is 6.42. The van der Waals surface area contributed by atoms with Crippen LogP contribution in [0.5, 0.6) is 0 Å². The number of fused-ring (bicyclic) bond motifs is 1. The number of nitrogens with one attached hydrogen (secondary N) is 1. The number of aliphatic hydroxyl groups is 1. The fourth-order valence-corrected chi connectivity index (χ4v) is 4.12. The number of aliphatic hydroxyl groups excluding tert-OH is 1. The van der Waals surface area contributed by atoms with Crippen molar-refractivity contribution in [2.45, 2.75) is 64.8 Å². The van der Waals surface area contributed by atoms with Gasteiger partial charge in [0.15, 0.2) is 0 Å². The second-order valence-corrected chi connectivity index (χ2v) is 8.51. The Morgan fingerprint density at radius 3 is 2.68 bits per heavy atom. The smallest absolute Gasteiger partial charge is 0.251 e. The normalized spacial score (nSPS) is 16.5. The van der Waals surface area contributed by atoms with E-state index in [-0.39, 0.29) is 18.6 Å². The highest BCUT2D eigenvalue weighted by atomic mass is 16.3. The van der Waals surface area contributed by atoms with Gasteiger partial charge in [0.1, 0.15) is 0 Å². The van der Waals surface area contributed by atoms with Crippen molar-refractivity contribution in [2.24, 2.45) is 0 Å². The molecule has 0 bridgehead atoms. The van der Waals surface area contributed by atoms with E-state index < -0.39 is 0 Å². The van der Waals surface area contributed by atoms with E-state index in [1.165, 1.54) is 35.8 Å². The number of hydrogen-bond donors (Lipinski definition) is 2. The van der Waals surface area contributed by atoms with Gasteiger partial charge in [-0.15, -0.1) is 0 Å². The molecule has 0 radical (unpaired) electrons. The van der Waals surface area contributed by atoms with Crippen molar-refractivity contribution in [3.63, 3.8) is 0 Å². The SMILES string of the molecule is C/C=C\C=C/C(CC(CO)NC(=O)c1ccc2c(C3CCC3)cccc2c1)=C(C)CC. The van der Waals surface area contributed by atoms with Crippen LogP contribution in [0.3, 0.4) is 0 Å². The number of rotatable bonds is 9. The van der Waals surface area contributed by atoms with Crippen LogP contribution in [0.1, 0.15) is 74.7 Å². The molecule has 1 saturated carbocycles. The Hall–Kier alpha value is -2.65. The molecule has 3 heteroatoms. The topological polar surface area (TPSA) is 49.3 Å². The van der Waals surface area contributed by atoms with Crippen LogP contribution in [0.2, 0.25) is 0 Å². The van der Waals surface area contributed by atoms with Gasteiger partial charge in [-0.05, 0) is 79.5 Å². The highest BCUT2D eigenvalue weighted by Gasteiger charge is 2.21. The Labute approximate surface area is 186 Å². The summed E-state index contributed by atoms with van der Waals surface area (Å²) in [5, 5.41) is 15.3. The molecule has 0 aromatic heterocycles. The van der Waals surface area contributed by atoms with Crippen LogP contribution >= 0.6 is 0 Å². The van der Waals surface area contributed by atoms with Crippen LogP contribution < -0.4 is 5.32 Å². The van der Waals surface area contributed by atoms with Gasteiger partial charge in [-0.3, -0.25) is 4.79 Å². The lowest BCUT2D eigenvalue weighted by atomic mass is 9.78. The van der Waals surface area contributed by atoms with Gasteiger partial charge < -0.3 is 10.4 Å². The predicted octanol–water partition coefficient (Wildman–Crippen LogP) is 6.45. The highest BCUT2D eigenvalue weighted by Crippen LogP contribution is 2.39. The molecule has 1 amide bonds. The summed E-state index contributed by atoms with van der Waals surface area (Å²) in [5.74, 6) is 0.519. The Balaban J connectivity index is 1.76. The maximum Gasteiger partial charge on any atom is 0.251 e. The van der Waals surface area contributed by atoms with Gasteiger partial charge in [0, 0.05) is 5.56 Å². The highest BCUT2D eigenvalue weighted by molar-refractivity contribution is 5.99. The van der Waals surface area contributed by atoms with Crippen molar-refractivity contribution in [3.8, 4) is 0 Å². The zero-order chi connectivity index (χ0) is 22.2. The molecule has 0 saturated heterocycles. The van der Waals surface area contributed by atoms with E-state index in [1.54, 1.807) is 0 Å². The van der Waals surface area contributed by atoms with Crippen molar-refractivity contribution in [3.05, 3.63) is 83.0 Å². The number of allylic oxidation sites excluding steroid dienone is 5. The van der Waals surface area contributed by atoms with Gasteiger partial charge in [0.05, 0.1) is 12.6 Å². The summed E-state index contributed by atoms with van der Waals surface area (Å²) in [4.78, 5) is 13.0. The molecular formula is C28H35NO2. The molecule has 1 atom stereocenters. The van der Waals surface area contributed by atoms with Crippen LogP contribution in [0.4, 0.5) is 0 Å². The molecular weight excluding hydrogens is 382 g/mol. The first-order chi connectivity index (χ1) is 15.1. The molecule has 0 spiro atoms. The molecule has 164 valence electrons. The van der Waals surface area contributed by atoms with Crippen molar-refractivity contribution in [1.82, 2.24) is 5.32 Å². The van der Waals surface area contributed by atoms with Gasteiger partial charge in [0.25, 0.3) is 5.91 Å². The average Bonchev–Trinajstić information content (AvgIpc) is 2.75. The van der Waals surface area contributed by atoms with Crippen LogP contribution in [-0.4, -0.2) is 23.7 Å². The van der Waals surface area contributed by atoms with Crippen molar-refractivity contribution < 1.29 is 9.90 Å². The maximum atomic E-state index is 13.0. The third kappa shape index (κ3) is 5.74. The fourth-order valence-electron chi connectivity index (χ4n) is 4.12. The molecule has 3 nitrogen and oxygen atoms in total. The van der Waals surface area contributed by atoms with Gasteiger partial charge in [-0.25, -0.2) is 0 Å². The van der Waals surface area contributed by atoms with Gasteiger partial charge >= 0.3 is 0 Å². The van der Waals surface area contributed by atoms with E-state index in [1.807, 2.05) is 37.3 Å². The first kappa shape index (κ1) is 23.0. The summed E-state index contributed by atoms with van der Waals surface area (Å²) in [7, 11) is 0. The standard InChI is InChI=1S/C28H35NO2/c1-4-6-7-10-22(20(3)5-2)18-25(19-30)29-28(31)24-15-16-27-23(17-24)13-9-14-26(27)21-11-8-12-21/h4,6-7,9-10,13-17,21,25,30H,5,8,11-12,18-19H2,1-3H3,(H,29,31)/b6-4-,10-7-,22-20?. The number of benzene rings is 2. The number of carbonyl (C=O) groups is 1. The van der Waals surface area contributed by atoms with E-state index in [0.29, 0.717) is 17.9 Å². The largest absolute Gasteiger partial charge is 0.394 e. The summed E-state index contributed by atoms with van der Waals surface area (Å²) in [6.45, 7) is 6.12. The minimum atomic E-state index is -0.323. The lowest BCUT2D eigenvalue weighted by molar-refractivity contribution is 0.0917. The zero-order valence-corrected chi connectivity index (χ0v) is 19.0. The number of hydrogen-bond acceptors (Lipinski definition) is 2. The van der Waals surface area contributed by atoms with E-state index in [9.17, 15) is 9.90 Å². The number of carbonyl (C=O) groups excluding carboxylic acids is 1. The van der Waals surface area contributed by atoms with Crippen molar-refractivity contribution in [1.29, 1.82) is 0 Å². The first-order valence-electron chi connectivity index (χ1n) is 11.5. The molecule has 2 aromatic carbocycles. The molecule has 2 aromatic rings. The molecule has 31 heavy (non-hydrogen) atoms. The molecule has 3 rings (SSSR count).